The molecular formula is C24H29N5O2. The van der Waals surface area contributed by atoms with E-state index in [1.54, 1.807) is 6.20 Å². The highest BCUT2D eigenvalue weighted by Crippen LogP contribution is 2.16. The lowest BCUT2D eigenvalue weighted by Gasteiger charge is -2.24. The van der Waals surface area contributed by atoms with Gasteiger partial charge in [-0.1, -0.05) is 24.3 Å². The molecule has 0 unspecified atom stereocenters. The van der Waals surface area contributed by atoms with E-state index in [9.17, 15) is 9.59 Å². The van der Waals surface area contributed by atoms with Crippen LogP contribution >= 0.6 is 0 Å². The number of hydrogen-bond acceptors (Lipinski definition) is 4. The van der Waals surface area contributed by atoms with E-state index in [2.05, 4.69) is 25.5 Å². The molecule has 7 nitrogen and oxygen atoms in total. The Labute approximate surface area is 182 Å². The maximum atomic E-state index is 13.1. The van der Waals surface area contributed by atoms with Crippen molar-refractivity contribution in [3.05, 3.63) is 65.5 Å². The van der Waals surface area contributed by atoms with E-state index in [1.807, 2.05) is 56.6 Å². The van der Waals surface area contributed by atoms with Crippen molar-refractivity contribution in [2.45, 2.75) is 44.8 Å². The van der Waals surface area contributed by atoms with Crippen LogP contribution in [-0.2, 0) is 22.6 Å². The van der Waals surface area contributed by atoms with Crippen LogP contribution in [0.4, 0.5) is 0 Å². The van der Waals surface area contributed by atoms with Crippen LogP contribution in [0.2, 0.25) is 0 Å². The molecule has 162 valence electrons. The number of amides is 2. The predicted molar refractivity (Wildman–Crippen MR) is 120 cm³/mol. The number of rotatable bonds is 7. The Morgan fingerprint density at radius 3 is 2.90 bits per heavy atom. The van der Waals surface area contributed by atoms with Crippen molar-refractivity contribution in [2.24, 2.45) is 0 Å². The van der Waals surface area contributed by atoms with Gasteiger partial charge in [0, 0.05) is 30.7 Å². The molecule has 2 amide bonds. The lowest BCUT2D eigenvalue weighted by molar-refractivity contribution is -0.131. The second-order valence-corrected chi connectivity index (χ2v) is 8.31. The molecule has 2 atom stereocenters. The zero-order valence-electron chi connectivity index (χ0n) is 18.0. The van der Waals surface area contributed by atoms with Crippen molar-refractivity contribution in [1.82, 2.24) is 25.5 Å². The third kappa shape index (κ3) is 4.94. The second-order valence-electron chi connectivity index (χ2n) is 8.31. The molecule has 0 saturated carbocycles. The van der Waals surface area contributed by atoms with E-state index in [0.29, 0.717) is 13.0 Å². The van der Waals surface area contributed by atoms with E-state index in [4.69, 9.17) is 0 Å². The molecule has 3 aromatic rings. The van der Waals surface area contributed by atoms with Crippen LogP contribution < -0.4 is 10.6 Å². The highest BCUT2D eigenvalue weighted by molar-refractivity contribution is 5.90. The van der Waals surface area contributed by atoms with Gasteiger partial charge in [0.05, 0.1) is 6.04 Å². The van der Waals surface area contributed by atoms with Crippen LogP contribution in [-0.4, -0.2) is 52.4 Å². The maximum absolute atomic E-state index is 13.1. The molecule has 31 heavy (non-hydrogen) atoms. The van der Waals surface area contributed by atoms with Crippen molar-refractivity contribution >= 4 is 22.8 Å². The van der Waals surface area contributed by atoms with Gasteiger partial charge in [0.25, 0.3) is 0 Å². The van der Waals surface area contributed by atoms with E-state index in [0.717, 1.165) is 47.1 Å². The Morgan fingerprint density at radius 2 is 2.13 bits per heavy atom. The Hall–Kier alpha value is -3.19. The van der Waals surface area contributed by atoms with E-state index in [-0.39, 0.29) is 17.9 Å². The Morgan fingerprint density at radius 1 is 1.29 bits per heavy atom. The Bertz CT molecular complexity index is 1080. The molecule has 2 aromatic heterocycles. The maximum Gasteiger partial charge on any atom is 0.243 e. The highest BCUT2D eigenvalue weighted by Gasteiger charge is 2.31. The molecule has 1 aliphatic rings. The summed E-state index contributed by atoms with van der Waals surface area (Å²) in [6.07, 6.45) is 5.87. The monoisotopic (exact) mass is 419 g/mol. The van der Waals surface area contributed by atoms with Crippen LogP contribution in [0.1, 0.15) is 29.5 Å². The fourth-order valence-corrected chi connectivity index (χ4v) is 4.17. The summed E-state index contributed by atoms with van der Waals surface area (Å²) < 4.78 is 0. The number of nitrogens with one attached hydrogen (secondary N) is 3. The van der Waals surface area contributed by atoms with Gasteiger partial charge in [-0.2, -0.15) is 0 Å². The summed E-state index contributed by atoms with van der Waals surface area (Å²) in [5.41, 5.74) is 3.89. The molecule has 1 fully saturated rings. The minimum Gasteiger partial charge on any atom is -0.350 e. The molecule has 1 aliphatic heterocycles. The molecule has 1 aromatic carbocycles. The first-order chi connectivity index (χ1) is 15.0. The summed E-state index contributed by atoms with van der Waals surface area (Å²) in [6.45, 7) is 3.28. The van der Waals surface area contributed by atoms with Gasteiger partial charge in [-0.05, 0) is 62.2 Å². The number of nitrogens with zero attached hydrogens (tertiary/aromatic N) is 2. The molecule has 0 aliphatic carbocycles. The number of H-pyrrole nitrogens is 1. The van der Waals surface area contributed by atoms with E-state index < -0.39 is 6.04 Å². The summed E-state index contributed by atoms with van der Waals surface area (Å²) >= 11 is 0. The van der Waals surface area contributed by atoms with Gasteiger partial charge >= 0.3 is 0 Å². The largest absolute Gasteiger partial charge is 0.350 e. The van der Waals surface area contributed by atoms with Crippen molar-refractivity contribution < 1.29 is 9.59 Å². The van der Waals surface area contributed by atoms with Crippen molar-refractivity contribution in [3.8, 4) is 0 Å². The predicted octanol–water partition coefficient (Wildman–Crippen LogP) is 2.31. The number of carbonyl (C=O) groups excluding carboxylic acids is 2. The number of benzene rings is 1. The summed E-state index contributed by atoms with van der Waals surface area (Å²) in [5.74, 6) is -0.268. The van der Waals surface area contributed by atoms with Gasteiger partial charge in [-0.3, -0.25) is 14.5 Å². The SMILES string of the molecule is Cc1ccccc1C[C@H](NC(=O)[C@H]1CCCN1C)C(=O)NCc1cnc2[nH]ccc2c1. The first-order valence-electron chi connectivity index (χ1n) is 10.8. The molecule has 4 rings (SSSR count). The number of fused-ring (bicyclic) bond motifs is 1. The Balaban J connectivity index is 1.47. The van der Waals surface area contributed by atoms with Gasteiger partial charge in [-0.25, -0.2) is 4.98 Å². The fourth-order valence-electron chi connectivity index (χ4n) is 4.17. The van der Waals surface area contributed by atoms with Crippen LogP contribution in [0, 0.1) is 6.92 Å². The van der Waals surface area contributed by atoms with E-state index >= 15 is 0 Å². The van der Waals surface area contributed by atoms with Crippen molar-refractivity contribution in [3.63, 3.8) is 0 Å². The molecule has 0 radical (unpaired) electrons. The molecular weight excluding hydrogens is 390 g/mol. The molecule has 0 bridgehead atoms. The number of aromatic amines is 1. The van der Waals surface area contributed by atoms with Crippen molar-refractivity contribution in [1.29, 1.82) is 0 Å². The summed E-state index contributed by atoms with van der Waals surface area (Å²) in [5, 5.41) is 7.00. The minimum atomic E-state index is -0.633. The fraction of sp³-hybridized carbons (Fsp3) is 0.375. The summed E-state index contributed by atoms with van der Waals surface area (Å²) in [4.78, 5) is 35.5. The van der Waals surface area contributed by atoms with Crippen LogP contribution in [0.25, 0.3) is 11.0 Å². The number of aromatic nitrogens is 2. The minimum absolute atomic E-state index is 0.0795. The number of hydrogen-bond donors (Lipinski definition) is 3. The first-order valence-corrected chi connectivity index (χ1v) is 10.8. The van der Waals surface area contributed by atoms with Crippen LogP contribution in [0.5, 0.6) is 0 Å². The third-order valence-electron chi connectivity index (χ3n) is 6.06. The van der Waals surface area contributed by atoms with Gasteiger partial charge in [0.15, 0.2) is 0 Å². The smallest absolute Gasteiger partial charge is 0.243 e. The van der Waals surface area contributed by atoms with Crippen LogP contribution in [0.3, 0.4) is 0 Å². The summed E-state index contributed by atoms with van der Waals surface area (Å²) in [7, 11) is 1.96. The third-order valence-corrected chi connectivity index (χ3v) is 6.06. The van der Waals surface area contributed by atoms with Gasteiger partial charge < -0.3 is 15.6 Å². The number of likely N-dealkylation sites (N-methyl/N-ethyl adjacent to an activating group) is 1. The number of pyridine rings is 1. The highest BCUT2D eigenvalue weighted by atomic mass is 16.2. The second kappa shape index (κ2) is 9.31. The lowest BCUT2D eigenvalue weighted by Crippen LogP contribution is -2.52. The number of aryl methyl sites for hydroxylation is 1. The molecule has 3 heterocycles. The topological polar surface area (TPSA) is 90.1 Å². The van der Waals surface area contributed by atoms with Crippen LogP contribution in [0.15, 0.2) is 48.8 Å². The summed E-state index contributed by atoms with van der Waals surface area (Å²) in [6, 6.07) is 11.1. The number of likely N-dealkylation sites (tertiary alicyclic amines) is 1. The van der Waals surface area contributed by atoms with Gasteiger partial charge in [-0.15, -0.1) is 0 Å². The van der Waals surface area contributed by atoms with Crippen molar-refractivity contribution in [2.75, 3.05) is 13.6 Å². The number of carbonyl (C=O) groups is 2. The zero-order chi connectivity index (χ0) is 21.8. The Kier molecular flexibility index (Phi) is 6.32. The standard InChI is InChI=1S/C24H29N5O2/c1-16-6-3-4-7-18(16)13-20(28-24(31)21-8-5-11-29(21)2)23(30)27-15-17-12-19-9-10-25-22(19)26-14-17/h3-4,6-7,9-10,12,14,20-21H,5,8,11,13,15H2,1-2H3,(H,25,26)(H,27,30)(H,28,31)/t20-,21+/m0/s1. The average Bonchev–Trinajstić information content (AvgIpc) is 3.41. The molecule has 7 heteroatoms. The van der Waals surface area contributed by atoms with Gasteiger partial charge in [0.1, 0.15) is 11.7 Å². The van der Waals surface area contributed by atoms with Gasteiger partial charge in [0.2, 0.25) is 11.8 Å². The zero-order valence-corrected chi connectivity index (χ0v) is 18.0. The first kappa shape index (κ1) is 21.1. The molecule has 3 N–H and O–H groups in total. The quantitative estimate of drug-likeness (QED) is 0.548. The normalized spacial score (nSPS) is 17.5. The molecule has 1 saturated heterocycles. The molecule has 0 spiro atoms. The van der Waals surface area contributed by atoms with E-state index in [1.165, 1.54) is 0 Å². The average molecular weight is 420 g/mol. The lowest BCUT2D eigenvalue weighted by atomic mass is 10.00.